The molecule has 6 nitrogen and oxygen atoms in total. The summed E-state index contributed by atoms with van der Waals surface area (Å²) in [5.74, 6) is 1.37. The van der Waals surface area contributed by atoms with Crippen molar-refractivity contribution in [1.29, 1.82) is 0 Å². The quantitative estimate of drug-likeness (QED) is 0.758. The number of morpholine rings is 1. The van der Waals surface area contributed by atoms with E-state index >= 15 is 0 Å². The predicted octanol–water partition coefficient (Wildman–Crippen LogP) is 2.79. The van der Waals surface area contributed by atoms with Gasteiger partial charge in [-0.2, -0.15) is 0 Å². The maximum absolute atomic E-state index is 12.2. The molecule has 0 unspecified atom stereocenters. The summed E-state index contributed by atoms with van der Waals surface area (Å²) in [4.78, 5) is 14.5. The van der Waals surface area contributed by atoms with E-state index in [1.54, 1.807) is 14.2 Å². The van der Waals surface area contributed by atoms with Crippen LogP contribution in [0.2, 0.25) is 0 Å². The van der Waals surface area contributed by atoms with Crippen molar-refractivity contribution in [1.82, 2.24) is 5.32 Å². The second-order valence-electron chi connectivity index (χ2n) is 6.73. The second kappa shape index (κ2) is 9.99. The molecule has 0 aromatic heterocycles. The molecule has 0 atom stereocenters. The molecular weight excluding hydrogens is 356 g/mol. The normalized spacial score (nSPS) is 13.9. The van der Waals surface area contributed by atoms with Gasteiger partial charge in [-0.25, -0.2) is 0 Å². The summed E-state index contributed by atoms with van der Waals surface area (Å²) in [6, 6.07) is 14.1. The van der Waals surface area contributed by atoms with E-state index in [9.17, 15) is 4.79 Å². The summed E-state index contributed by atoms with van der Waals surface area (Å²) in [6.45, 7) is 3.88. The lowest BCUT2D eigenvalue weighted by Gasteiger charge is -2.28. The van der Waals surface area contributed by atoms with Crippen molar-refractivity contribution < 1.29 is 19.0 Å². The van der Waals surface area contributed by atoms with Gasteiger partial charge in [0.05, 0.1) is 27.4 Å². The van der Waals surface area contributed by atoms with Gasteiger partial charge in [-0.05, 0) is 41.8 Å². The summed E-state index contributed by atoms with van der Waals surface area (Å²) in [5, 5.41) is 2.96. The summed E-state index contributed by atoms with van der Waals surface area (Å²) < 4.78 is 15.9. The van der Waals surface area contributed by atoms with Crippen LogP contribution in [0, 0.1) is 0 Å². The van der Waals surface area contributed by atoms with Crippen LogP contribution in [0.3, 0.4) is 0 Å². The van der Waals surface area contributed by atoms with E-state index in [-0.39, 0.29) is 5.91 Å². The molecule has 0 radical (unpaired) electrons. The lowest BCUT2D eigenvalue weighted by Crippen LogP contribution is -2.36. The molecule has 0 saturated carbocycles. The minimum absolute atomic E-state index is 0.0343. The number of nitrogens with zero attached hydrogens (tertiary/aromatic N) is 1. The maximum atomic E-state index is 12.2. The van der Waals surface area contributed by atoms with Gasteiger partial charge in [0.2, 0.25) is 5.91 Å². The van der Waals surface area contributed by atoms with E-state index in [2.05, 4.69) is 34.5 Å². The third-order valence-corrected chi connectivity index (χ3v) is 4.89. The van der Waals surface area contributed by atoms with Crippen LogP contribution in [0.25, 0.3) is 0 Å². The Morgan fingerprint density at radius 3 is 2.36 bits per heavy atom. The van der Waals surface area contributed by atoms with Crippen LogP contribution in [0.4, 0.5) is 5.69 Å². The van der Waals surface area contributed by atoms with Crippen LogP contribution < -0.4 is 19.7 Å². The molecule has 1 amide bonds. The number of nitrogens with one attached hydrogen (secondary N) is 1. The standard InChI is InChI=1S/C22H28N2O4/c1-26-20-9-5-18(15-21(20)27-2)16-23-22(25)10-6-17-3-7-19(8-4-17)24-11-13-28-14-12-24/h3-5,7-9,15H,6,10-14,16H2,1-2H3,(H,23,25). The number of benzene rings is 2. The topological polar surface area (TPSA) is 60.0 Å². The fraction of sp³-hybridized carbons (Fsp3) is 0.409. The summed E-state index contributed by atoms with van der Waals surface area (Å²) in [5.41, 5.74) is 3.35. The number of rotatable bonds is 8. The van der Waals surface area contributed by atoms with Gasteiger partial charge in [0.15, 0.2) is 11.5 Å². The lowest BCUT2D eigenvalue weighted by atomic mass is 10.1. The Labute approximate surface area is 166 Å². The molecule has 3 rings (SSSR count). The number of ether oxygens (including phenoxy) is 3. The first-order valence-electron chi connectivity index (χ1n) is 9.59. The summed E-state index contributed by atoms with van der Waals surface area (Å²) in [6.07, 6.45) is 1.19. The second-order valence-corrected chi connectivity index (χ2v) is 6.73. The molecule has 0 aliphatic carbocycles. The van der Waals surface area contributed by atoms with Crippen molar-refractivity contribution in [3.8, 4) is 11.5 Å². The molecule has 2 aromatic rings. The number of anilines is 1. The first kappa shape index (κ1) is 20.0. The fourth-order valence-electron chi connectivity index (χ4n) is 3.23. The van der Waals surface area contributed by atoms with Crippen LogP contribution in [-0.2, 0) is 22.5 Å². The highest BCUT2D eigenvalue weighted by Crippen LogP contribution is 2.27. The van der Waals surface area contributed by atoms with Crippen LogP contribution >= 0.6 is 0 Å². The average Bonchev–Trinajstić information content (AvgIpc) is 2.77. The largest absolute Gasteiger partial charge is 0.493 e. The van der Waals surface area contributed by atoms with Gasteiger partial charge in [0, 0.05) is 31.7 Å². The van der Waals surface area contributed by atoms with E-state index in [0.29, 0.717) is 24.5 Å². The smallest absolute Gasteiger partial charge is 0.220 e. The predicted molar refractivity (Wildman–Crippen MR) is 109 cm³/mol. The van der Waals surface area contributed by atoms with Gasteiger partial charge in [0.1, 0.15) is 0 Å². The number of methoxy groups -OCH3 is 2. The van der Waals surface area contributed by atoms with Gasteiger partial charge < -0.3 is 24.4 Å². The SMILES string of the molecule is COc1ccc(CNC(=O)CCc2ccc(N3CCOCC3)cc2)cc1OC. The Hall–Kier alpha value is -2.73. The van der Waals surface area contributed by atoms with Crippen molar-refractivity contribution in [2.45, 2.75) is 19.4 Å². The number of carbonyl (C=O) groups is 1. The Morgan fingerprint density at radius 2 is 1.68 bits per heavy atom. The lowest BCUT2D eigenvalue weighted by molar-refractivity contribution is -0.121. The van der Waals surface area contributed by atoms with Crippen LogP contribution in [0.15, 0.2) is 42.5 Å². The molecule has 150 valence electrons. The van der Waals surface area contributed by atoms with Crippen molar-refractivity contribution in [2.24, 2.45) is 0 Å². The van der Waals surface area contributed by atoms with Crippen molar-refractivity contribution in [2.75, 3.05) is 45.4 Å². The highest BCUT2D eigenvalue weighted by molar-refractivity contribution is 5.76. The fourth-order valence-corrected chi connectivity index (χ4v) is 3.23. The molecule has 0 spiro atoms. The van der Waals surface area contributed by atoms with E-state index in [0.717, 1.165) is 38.3 Å². The molecule has 1 N–H and O–H groups in total. The molecule has 1 fully saturated rings. The molecule has 1 aliphatic heterocycles. The van der Waals surface area contributed by atoms with Crippen LogP contribution in [-0.4, -0.2) is 46.4 Å². The molecule has 0 bridgehead atoms. The van der Waals surface area contributed by atoms with Crippen molar-refractivity contribution in [3.05, 3.63) is 53.6 Å². The zero-order valence-corrected chi connectivity index (χ0v) is 16.6. The van der Waals surface area contributed by atoms with E-state index < -0.39 is 0 Å². The molecule has 28 heavy (non-hydrogen) atoms. The van der Waals surface area contributed by atoms with E-state index in [4.69, 9.17) is 14.2 Å². The highest BCUT2D eigenvalue weighted by Gasteiger charge is 2.11. The van der Waals surface area contributed by atoms with Crippen molar-refractivity contribution in [3.63, 3.8) is 0 Å². The van der Waals surface area contributed by atoms with Gasteiger partial charge >= 0.3 is 0 Å². The number of aryl methyl sites for hydroxylation is 1. The Morgan fingerprint density at radius 1 is 1.00 bits per heavy atom. The molecule has 1 aliphatic rings. The summed E-state index contributed by atoms with van der Waals surface area (Å²) in [7, 11) is 3.21. The van der Waals surface area contributed by atoms with Crippen molar-refractivity contribution >= 4 is 11.6 Å². The average molecular weight is 384 g/mol. The zero-order valence-electron chi connectivity index (χ0n) is 16.6. The zero-order chi connectivity index (χ0) is 19.8. The monoisotopic (exact) mass is 384 g/mol. The minimum Gasteiger partial charge on any atom is -0.493 e. The van der Waals surface area contributed by atoms with Gasteiger partial charge in [-0.3, -0.25) is 4.79 Å². The first-order valence-corrected chi connectivity index (χ1v) is 9.59. The van der Waals surface area contributed by atoms with E-state index in [1.165, 1.54) is 11.3 Å². The molecule has 6 heteroatoms. The molecule has 1 saturated heterocycles. The number of hydrogen-bond acceptors (Lipinski definition) is 5. The summed E-state index contributed by atoms with van der Waals surface area (Å²) >= 11 is 0. The number of amides is 1. The maximum Gasteiger partial charge on any atom is 0.220 e. The van der Waals surface area contributed by atoms with E-state index in [1.807, 2.05) is 18.2 Å². The highest BCUT2D eigenvalue weighted by atomic mass is 16.5. The number of hydrogen-bond donors (Lipinski definition) is 1. The van der Waals surface area contributed by atoms with Gasteiger partial charge in [-0.1, -0.05) is 18.2 Å². The van der Waals surface area contributed by atoms with Gasteiger partial charge in [0.25, 0.3) is 0 Å². The Kier molecular flexibility index (Phi) is 7.14. The number of carbonyl (C=O) groups excluding carboxylic acids is 1. The third-order valence-electron chi connectivity index (χ3n) is 4.89. The Balaban J connectivity index is 1.45. The molecule has 2 aromatic carbocycles. The Bertz CT molecular complexity index is 771. The molecule has 1 heterocycles. The van der Waals surface area contributed by atoms with Crippen LogP contribution in [0.1, 0.15) is 17.5 Å². The van der Waals surface area contributed by atoms with Gasteiger partial charge in [-0.15, -0.1) is 0 Å². The first-order chi connectivity index (χ1) is 13.7. The van der Waals surface area contributed by atoms with Crippen LogP contribution in [0.5, 0.6) is 11.5 Å². The third kappa shape index (κ3) is 5.39. The minimum atomic E-state index is 0.0343. The molecular formula is C22H28N2O4.